The van der Waals surface area contributed by atoms with E-state index in [-0.39, 0.29) is 24.6 Å². The van der Waals surface area contributed by atoms with Crippen LogP contribution in [0.1, 0.15) is 44.9 Å². The van der Waals surface area contributed by atoms with Crippen molar-refractivity contribution in [2.45, 2.75) is 69.5 Å². The summed E-state index contributed by atoms with van der Waals surface area (Å²) in [5.41, 5.74) is 1.16. The lowest BCUT2D eigenvalue weighted by Crippen LogP contribution is -2.17. The van der Waals surface area contributed by atoms with Gasteiger partial charge < -0.3 is 19.3 Å². The summed E-state index contributed by atoms with van der Waals surface area (Å²) >= 11 is 2.21. The molecule has 0 saturated carbocycles. The third-order valence-corrected chi connectivity index (χ3v) is 4.77. The van der Waals surface area contributed by atoms with Crippen LogP contribution < -0.4 is 0 Å². The second-order valence-corrected chi connectivity index (χ2v) is 7.67. The SMILES string of the molecule is C=C(I)CC[C@H](O)CC[C@@H]1O[C@@H](CCC2OCCO2)CC1=C. The number of aliphatic hydroxyl groups excluding tert-OH is 1. The molecule has 0 bridgehead atoms. The van der Waals surface area contributed by atoms with Crippen molar-refractivity contribution in [3.8, 4) is 0 Å². The molecule has 4 nitrogen and oxygen atoms in total. The maximum Gasteiger partial charge on any atom is 0.157 e. The average molecular weight is 422 g/mol. The minimum absolute atomic E-state index is 0.0564. The van der Waals surface area contributed by atoms with Gasteiger partial charge in [-0.3, -0.25) is 0 Å². The molecule has 0 radical (unpaired) electrons. The first-order chi connectivity index (χ1) is 10.5. The predicted octanol–water partition coefficient (Wildman–Crippen LogP) is 3.72. The van der Waals surface area contributed by atoms with Crippen molar-refractivity contribution in [3.05, 3.63) is 22.3 Å². The molecule has 2 aliphatic heterocycles. The maximum absolute atomic E-state index is 9.99. The molecular formula is C17H27IO4. The van der Waals surface area contributed by atoms with Gasteiger partial charge in [-0.05, 0) is 70.3 Å². The Morgan fingerprint density at radius 2 is 1.95 bits per heavy atom. The normalized spacial score (nSPS) is 27.5. The van der Waals surface area contributed by atoms with Crippen molar-refractivity contribution in [2.24, 2.45) is 0 Å². The van der Waals surface area contributed by atoms with Gasteiger partial charge >= 0.3 is 0 Å². The first kappa shape index (κ1) is 18.4. The van der Waals surface area contributed by atoms with Crippen LogP contribution in [0.5, 0.6) is 0 Å². The molecule has 0 aromatic heterocycles. The smallest absolute Gasteiger partial charge is 0.157 e. The molecule has 5 heteroatoms. The van der Waals surface area contributed by atoms with Crippen LogP contribution in [-0.2, 0) is 14.2 Å². The summed E-state index contributed by atoms with van der Waals surface area (Å²) in [6.45, 7) is 9.39. The minimum Gasteiger partial charge on any atom is -0.393 e. The van der Waals surface area contributed by atoms with Crippen molar-refractivity contribution in [1.82, 2.24) is 0 Å². The first-order valence-electron chi connectivity index (χ1n) is 8.12. The van der Waals surface area contributed by atoms with Crippen molar-refractivity contribution in [2.75, 3.05) is 13.2 Å². The van der Waals surface area contributed by atoms with E-state index in [2.05, 4.69) is 35.7 Å². The topological polar surface area (TPSA) is 47.9 Å². The van der Waals surface area contributed by atoms with Gasteiger partial charge in [-0.1, -0.05) is 13.2 Å². The first-order valence-corrected chi connectivity index (χ1v) is 9.20. The van der Waals surface area contributed by atoms with Gasteiger partial charge in [0.05, 0.1) is 31.5 Å². The Bertz CT molecular complexity index is 379. The molecule has 2 heterocycles. The molecule has 0 aromatic rings. The molecule has 0 amide bonds. The largest absolute Gasteiger partial charge is 0.393 e. The van der Waals surface area contributed by atoms with E-state index in [4.69, 9.17) is 14.2 Å². The predicted molar refractivity (Wildman–Crippen MR) is 95.0 cm³/mol. The standard InChI is InChI=1S/C17H27IO4/c1-12-11-15(6-8-17-20-9-10-21-17)22-16(12)7-5-14(19)4-3-13(2)18/h14-17,19H,1-11H2/t14-,15-,16-/m0/s1. The van der Waals surface area contributed by atoms with Crippen LogP contribution in [0.15, 0.2) is 22.3 Å². The highest BCUT2D eigenvalue weighted by Gasteiger charge is 2.30. The van der Waals surface area contributed by atoms with Crippen LogP contribution in [0.3, 0.4) is 0 Å². The molecule has 0 aliphatic carbocycles. The molecule has 22 heavy (non-hydrogen) atoms. The molecule has 1 N–H and O–H groups in total. The van der Waals surface area contributed by atoms with Crippen LogP contribution in [0, 0.1) is 0 Å². The van der Waals surface area contributed by atoms with Gasteiger partial charge in [0, 0.05) is 6.42 Å². The van der Waals surface area contributed by atoms with Crippen LogP contribution in [0.4, 0.5) is 0 Å². The Morgan fingerprint density at radius 1 is 1.23 bits per heavy atom. The molecule has 0 unspecified atom stereocenters. The molecule has 0 aromatic carbocycles. The van der Waals surface area contributed by atoms with E-state index >= 15 is 0 Å². The lowest BCUT2D eigenvalue weighted by atomic mass is 10.0. The second-order valence-electron chi connectivity index (χ2n) is 6.14. The molecule has 2 fully saturated rings. The van der Waals surface area contributed by atoms with Gasteiger partial charge in [0.15, 0.2) is 6.29 Å². The Morgan fingerprint density at radius 3 is 2.64 bits per heavy atom. The molecule has 2 rings (SSSR count). The molecule has 2 aliphatic rings. The Kier molecular flexibility index (Phi) is 7.83. The highest BCUT2D eigenvalue weighted by molar-refractivity contribution is 14.1. The van der Waals surface area contributed by atoms with Crippen molar-refractivity contribution in [3.63, 3.8) is 0 Å². The average Bonchev–Trinajstić information content (AvgIpc) is 3.10. The van der Waals surface area contributed by atoms with Crippen molar-refractivity contribution >= 4 is 22.6 Å². The summed E-state index contributed by atoms with van der Waals surface area (Å²) in [5, 5.41) is 9.99. The van der Waals surface area contributed by atoms with E-state index in [0.29, 0.717) is 13.2 Å². The summed E-state index contributed by atoms with van der Waals surface area (Å²) in [7, 11) is 0. The number of halogens is 1. The monoisotopic (exact) mass is 422 g/mol. The molecule has 3 atom stereocenters. The summed E-state index contributed by atoms with van der Waals surface area (Å²) in [5.74, 6) is 0. The second kappa shape index (κ2) is 9.37. The van der Waals surface area contributed by atoms with Gasteiger partial charge in [-0.25, -0.2) is 0 Å². The van der Waals surface area contributed by atoms with Crippen LogP contribution in [0.25, 0.3) is 0 Å². The number of hydrogen-bond donors (Lipinski definition) is 1. The van der Waals surface area contributed by atoms with E-state index < -0.39 is 0 Å². The number of allylic oxidation sites excluding steroid dienone is 1. The Hall–Kier alpha value is 0.0500. The van der Waals surface area contributed by atoms with E-state index in [0.717, 1.165) is 54.1 Å². The Balaban J connectivity index is 1.62. The number of hydrogen-bond acceptors (Lipinski definition) is 4. The third-order valence-electron chi connectivity index (χ3n) is 4.23. The summed E-state index contributed by atoms with van der Waals surface area (Å²) in [6, 6.07) is 0. The lowest BCUT2D eigenvalue weighted by Gasteiger charge is -2.17. The van der Waals surface area contributed by atoms with Gasteiger partial charge in [-0.15, -0.1) is 0 Å². The fourth-order valence-electron chi connectivity index (χ4n) is 2.95. The van der Waals surface area contributed by atoms with Crippen LogP contribution in [-0.4, -0.2) is 42.9 Å². The van der Waals surface area contributed by atoms with Gasteiger partial charge in [0.1, 0.15) is 0 Å². The van der Waals surface area contributed by atoms with Gasteiger partial charge in [-0.2, -0.15) is 0 Å². The van der Waals surface area contributed by atoms with Crippen LogP contribution >= 0.6 is 22.6 Å². The molecule has 126 valence electrons. The zero-order chi connectivity index (χ0) is 15.9. The number of aliphatic hydroxyl groups is 1. The summed E-state index contributed by atoms with van der Waals surface area (Å²) in [6.07, 6.45) is 5.97. The zero-order valence-electron chi connectivity index (χ0n) is 13.1. The Labute approximate surface area is 147 Å². The fraction of sp³-hybridized carbons (Fsp3) is 0.765. The van der Waals surface area contributed by atoms with Gasteiger partial charge in [0.2, 0.25) is 0 Å². The molecule has 0 spiro atoms. The van der Waals surface area contributed by atoms with E-state index in [1.165, 1.54) is 0 Å². The quantitative estimate of drug-likeness (QED) is 0.455. The summed E-state index contributed by atoms with van der Waals surface area (Å²) < 4.78 is 18.1. The molecular weight excluding hydrogens is 395 g/mol. The minimum atomic E-state index is -0.276. The highest BCUT2D eigenvalue weighted by atomic mass is 127. The van der Waals surface area contributed by atoms with E-state index in [1.54, 1.807) is 0 Å². The third kappa shape index (κ3) is 6.28. The fourth-order valence-corrected chi connectivity index (χ4v) is 3.26. The van der Waals surface area contributed by atoms with Crippen molar-refractivity contribution in [1.29, 1.82) is 0 Å². The van der Waals surface area contributed by atoms with Crippen LogP contribution in [0.2, 0.25) is 0 Å². The maximum atomic E-state index is 9.99. The van der Waals surface area contributed by atoms with E-state index in [9.17, 15) is 5.11 Å². The number of ether oxygens (including phenoxy) is 3. The molecule has 2 saturated heterocycles. The zero-order valence-corrected chi connectivity index (χ0v) is 15.3. The lowest BCUT2D eigenvalue weighted by molar-refractivity contribution is -0.0588. The van der Waals surface area contributed by atoms with E-state index in [1.807, 2.05) is 0 Å². The highest BCUT2D eigenvalue weighted by Crippen LogP contribution is 2.31. The van der Waals surface area contributed by atoms with Gasteiger partial charge in [0.25, 0.3) is 0 Å². The van der Waals surface area contributed by atoms with Crippen molar-refractivity contribution < 1.29 is 19.3 Å². The number of rotatable bonds is 9. The summed E-state index contributed by atoms with van der Waals surface area (Å²) in [4.78, 5) is 0.